The number of ether oxygens (including phenoxy) is 2. The number of esters is 1. The van der Waals surface area contributed by atoms with Crippen LogP contribution in [-0.2, 0) is 16.1 Å². The minimum atomic E-state index is -0.609. The quantitative estimate of drug-likeness (QED) is 0.455. The predicted octanol–water partition coefficient (Wildman–Crippen LogP) is 4.69. The van der Waals surface area contributed by atoms with Crippen LogP contribution < -0.4 is 4.74 Å². The number of benzene rings is 2. The lowest BCUT2D eigenvalue weighted by molar-refractivity contribution is -0.139. The molecule has 0 aliphatic rings. The predicted molar refractivity (Wildman–Crippen MR) is 98.4 cm³/mol. The van der Waals surface area contributed by atoms with E-state index in [0.717, 1.165) is 0 Å². The van der Waals surface area contributed by atoms with Crippen molar-refractivity contribution >= 4 is 12.0 Å². The summed E-state index contributed by atoms with van der Waals surface area (Å²) in [6, 6.07) is 10.1. The molecule has 0 radical (unpaired) electrons. The molecule has 0 amide bonds. The maximum atomic E-state index is 13.6. The Kier molecular flexibility index (Phi) is 5.84. The summed E-state index contributed by atoms with van der Waals surface area (Å²) < 4.78 is 41.9. The van der Waals surface area contributed by atoms with Gasteiger partial charge in [-0.15, -0.1) is 0 Å². The van der Waals surface area contributed by atoms with Gasteiger partial charge in [0.25, 0.3) is 0 Å². The summed E-state index contributed by atoms with van der Waals surface area (Å²) >= 11 is 0. The third kappa shape index (κ3) is 4.43. The van der Waals surface area contributed by atoms with E-state index < -0.39 is 11.8 Å². The van der Waals surface area contributed by atoms with Crippen LogP contribution in [-0.4, -0.2) is 18.2 Å². The van der Waals surface area contributed by atoms with Gasteiger partial charge in [0.2, 0.25) is 0 Å². The highest BCUT2D eigenvalue weighted by Crippen LogP contribution is 2.26. The van der Waals surface area contributed by atoms with Crippen LogP contribution in [0, 0.1) is 18.6 Å². The number of methoxy groups -OCH3 is 1. The number of nitrogens with zero attached hydrogens (tertiary/aromatic N) is 1. The molecule has 0 unspecified atom stereocenters. The normalized spacial score (nSPS) is 11.0. The second-order valence-corrected chi connectivity index (χ2v) is 5.93. The van der Waals surface area contributed by atoms with Gasteiger partial charge >= 0.3 is 5.97 Å². The van der Waals surface area contributed by atoms with Crippen molar-refractivity contribution in [3.63, 3.8) is 0 Å². The van der Waals surface area contributed by atoms with Gasteiger partial charge in [0, 0.05) is 17.2 Å². The fraction of sp³-hybridized carbons (Fsp3) is 0.143. The fourth-order valence-corrected chi connectivity index (χ4v) is 2.51. The van der Waals surface area contributed by atoms with Crippen LogP contribution in [0.2, 0.25) is 0 Å². The van der Waals surface area contributed by atoms with Crippen molar-refractivity contribution in [1.82, 2.24) is 5.16 Å². The first-order chi connectivity index (χ1) is 13.5. The summed E-state index contributed by atoms with van der Waals surface area (Å²) in [7, 11) is 1.37. The van der Waals surface area contributed by atoms with Crippen LogP contribution in [0.3, 0.4) is 0 Å². The Morgan fingerprint density at radius 1 is 1.18 bits per heavy atom. The third-order valence-electron chi connectivity index (χ3n) is 4.07. The van der Waals surface area contributed by atoms with Gasteiger partial charge in [0.05, 0.1) is 7.11 Å². The average Bonchev–Trinajstić information content (AvgIpc) is 3.06. The summed E-state index contributed by atoms with van der Waals surface area (Å²) in [5.41, 5.74) is 2.31. The number of halogens is 2. The molecule has 0 fully saturated rings. The Balaban J connectivity index is 1.62. The lowest BCUT2D eigenvalue weighted by Gasteiger charge is -2.02. The number of hydrogen-bond acceptors (Lipinski definition) is 5. The molecule has 0 bridgehead atoms. The van der Waals surface area contributed by atoms with Crippen molar-refractivity contribution in [3.05, 3.63) is 77.0 Å². The number of aromatic nitrogens is 1. The van der Waals surface area contributed by atoms with E-state index in [4.69, 9.17) is 14.0 Å². The lowest BCUT2D eigenvalue weighted by atomic mass is 10.1. The molecule has 0 atom stereocenters. The van der Waals surface area contributed by atoms with E-state index in [-0.39, 0.29) is 18.2 Å². The molecule has 3 aromatic rings. The molecule has 0 N–H and O–H groups in total. The molecule has 144 valence electrons. The van der Waals surface area contributed by atoms with E-state index in [1.54, 1.807) is 25.1 Å². The van der Waals surface area contributed by atoms with Crippen LogP contribution in [0.5, 0.6) is 5.75 Å². The molecule has 1 aromatic heterocycles. The average molecular weight is 385 g/mol. The maximum absolute atomic E-state index is 13.6. The van der Waals surface area contributed by atoms with E-state index in [9.17, 15) is 13.6 Å². The second-order valence-electron chi connectivity index (χ2n) is 5.93. The molecule has 7 heteroatoms. The van der Waals surface area contributed by atoms with Crippen LogP contribution in [0.25, 0.3) is 17.4 Å². The molecule has 1 heterocycles. The first-order valence-corrected chi connectivity index (χ1v) is 8.37. The molecule has 28 heavy (non-hydrogen) atoms. The Bertz CT molecular complexity index is 1010. The molecular formula is C21H17F2NO4. The monoisotopic (exact) mass is 385 g/mol. The van der Waals surface area contributed by atoms with Crippen molar-refractivity contribution in [1.29, 1.82) is 0 Å². The maximum Gasteiger partial charge on any atom is 0.331 e. The third-order valence-corrected chi connectivity index (χ3v) is 4.07. The zero-order valence-corrected chi connectivity index (χ0v) is 15.2. The largest absolute Gasteiger partial charge is 0.494 e. The van der Waals surface area contributed by atoms with Gasteiger partial charge in [0.15, 0.2) is 17.3 Å². The van der Waals surface area contributed by atoms with Gasteiger partial charge in [-0.3, -0.25) is 0 Å². The molecule has 0 aliphatic heterocycles. The fourth-order valence-electron chi connectivity index (χ4n) is 2.51. The van der Waals surface area contributed by atoms with Crippen LogP contribution in [0.1, 0.15) is 16.8 Å². The van der Waals surface area contributed by atoms with Gasteiger partial charge in [0.1, 0.15) is 18.1 Å². The van der Waals surface area contributed by atoms with E-state index in [1.807, 2.05) is 0 Å². The highest BCUT2D eigenvalue weighted by molar-refractivity contribution is 5.87. The number of rotatable bonds is 6. The Morgan fingerprint density at radius 2 is 1.93 bits per heavy atom. The van der Waals surface area contributed by atoms with Crippen LogP contribution in [0.15, 0.2) is 53.1 Å². The summed E-state index contributed by atoms with van der Waals surface area (Å²) in [6.45, 7) is 1.69. The number of carbonyl (C=O) groups excluding carboxylic acids is 1. The van der Waals surface area contributed by atoms with Gasteiger partial charge in [-0.1, -0.05) is 11.2 Å². The van der Waals surface area contributed by atoms with Gasteiger partial charge < -0.3 is 14.0 Å². The molecule has 0 saturated heterocycles. The van der Waals surface area contributed by atoms with E-state index in [0.29, 0.717) is 28.1 Å². The smallest absolute Gasteiger partial charge is 0.331 e. The van der Waals surface area contributed by atoms with Gasteiger partial charge in [-0.05, 0) is 55.0 Å². The molecule has 5 nitrogen and oxygen atoms in total. The Hall–Kier alpha value is -3.48. The van der Waals surface area contributed by atoms with E-state index >= 15 is 0 Å². The molecule has 3 rings (SSSR count). The molecular weight excluding hydrogens is 368 g/mol. The molecule has 0 saturated carbocycles. The summed E-state index contributed by atoms with van der Waals surface area (Å²) in [4.78, 5) is 11.9. The highest BCUT2D eigenvalue weighted by Gasteiger charge is 2.15. The van der Waals surface area contributed by atoms with Crippen LogP contribution >= 0.6 is 0 Å². The number of carbonyl (C=O) groups is 1. The first kappa shape index (κ1) is 19.3. The van der Waals surface area contributed by atoms with Gasteiger partial charge in [-0.2, -0.15) is 0 Å². The topological polar surface area (TPSA) is 61.6 Å². The van der Waals surface area contributed by atoms with Crippen molar-refractivity contribution < 1.29 is 27.6 Å². The van der Waals surface area contributed by atoms with Crippen molar-refractivity contribution in [2.45, 2.75) is 13.5 Å². The minimum Gasteiger partial charge on any atom is -0.494 e. The number of hydrogen-bond donors (Lipinski definition) is 0. The zero-order chi connectivity index (χ0) is 20.1. The summed E-state index contributed by atoms with van der Waals surface area (Å²) in [6.07, 6.45) is 2.63. The Labute approximate surface area is 160 Å². The first-order valence-electron chi connectivity index (χ1n) is 8.37. The van der Waals surface area contributed by atoms with Crippen LogP contribution in [0.4, 0.5) is 8.78 Å². The lowest BCUT2D eigenvalue weighted by Crippen LogP contribution is -2.02. The van der Waals surface area contributed by atoms with Crippen molar-refractivity contribution in [2.24, 2.45) is 0 Å². The summed E-state index contributed by atoms with van der Waals surface area (Å²) in [5, 5.41) is 3.90. The molecule has 0 spiro atoms. The SMILES string of the molecule is COc1ccc(/C=C/C(=O)OCc2noc(-c3ccc(F)cc3)c2C)cc1F. The Morgan fingerprint density at radius 3 is 2.61 bits per heavy atom. The van der Waals surface area contributed by atoms with Crippen molar-refractivity contribution in [3.8, 4) is 17.1 Å². The second kappa shape index (κ2) is 8.47. The van der Waals surface area contributed by atoms with E-state index in [2.05, 4.69) is 5.16 Å². The van der Waals surface area contributed by atoms with E-state index in [1.165, 1.54) is 43.5 Å². The molecule has 0 aliphatic carbocycles. The minimum absolute atomic E-state index is 0.0866. The van der Waals surface area contributed by atoms with Crippen molar-refractivity contribution in [2.75, 3.05) is 7.11 Å². The van der Waals surface area contributed by atoms with Gasteiger partial charge in [-0.25, -0.2) is 13.6 Å². The highest BCUT2D eigenvalue weighted by atomic mass is 19.1. The zero-order valence-electron chi connectivity index (χ0n) is 15.2. The molecule has 2 aromatic carbocycles. The standard InChI is InChI=1S/C21H17F2NO4/c1-13-18(24-28-21(13)15-5-7-16(22)8-6-15)12-27-20(25)10-4-14-3-9-19(26-2)17(23)11-14/h3-11H,12H2,1-2H3/b10-4+. The summed E-state index contributed by atoms with van der Waals surface area (Å²) in [5.74, 6) is -0.876.